The van der Waals surface area contributed by atoms with E-state index in [9.17, 15) is 0 Å². The summed E-state index contributed by atoms with van der Waals surface area (Å²) in [5.41, 5.74) is 1.27. The van der Waals surface area contributed by atoms with Gasteiger partial charge in [-0.25, -0.2) is 0 Å². The van der Waals surface area contributed by atoms with E-state index < -0.39 is 0 Å². The van der Waals surface area contributed by atoms with Crippen LogP contribution in [0.25, 0.3) is 0 Å². The van der Waals surface area contributed by atoms with Crippen LogP contribution >= 0.6 is 39.1 Å². The smallest absolute Gasteiger partial charge is 0.0721 e. The summed E-state index contributed by atoms with van der Waals surface area (Å²) in [7, 11) is 0. The van der Waals surface area contributed by atoms with Crippen LogP contribution in [0.3, 0.4) is 0 Å². The zero-order valence-corrected chi connectivity index (χ0v) is 13.8. The molecule has 1 aliphatic carbocycles. The molecule has 1 atom stereocenters. The highest BCUT2D eigenvalue weighted by atomic mass is 79.9. The van der Waals surface area contributed by atoms with E-state index in [-0.39, 0.29) is 0 Å². The van der Waals surface area contributed by atoms with Crippen molar-refractivity contribution in [2.75, 3.05) is 5.32 Å². The molecule has 0 aromatic heterocycles. The van der Waals surface area contributed by atoms with Crippen molar-refractivity contribution < 1.29 is 0 Å². The SMILES string of the molecule is CC1(C)CCCC(Nc2c(Cl)cc(Br)cc2Cl)C1. The van der Waals surface area contributed by atoms with Gasteiger partial charge in [0.2, 0.25) is 0 Å². The summed E-state index contributed by atoms with van der Waals surface area (Å²) in [6.45, 7) is 4.65. The summed E-state index contributed by atoms with van der Waals surface area (Å²) in [6.07, 6.45) is 4.91. The van der Waals surface area contributed by atoms with Gasteiger partial charge in [-0.1, -0.05) is 59.4 Å². The van der Waals surface area contributed by atoms with Gasteiger partial charge in [0.05, 0.1) is 15.7 Å². The topological polar surface area (TPSA) is 12.0 Å². The molecule has 0 amide bonds. The van der Waals surface area contributed by atoms with Crippen molar-refractivity contribution in [1.82, 2.24) is 0 Å². The Bertz CT molecular complexity index is 422. The van der Waals surface area contributed by atoms with E-state index in [1.165, 1.54) is 19.3 Å². The lowest BCUT2D eigenvalue weighted by molar-refractivity contribution is 0.229. The fourth-order valence-electron chi connectivity index (χ4n) is 2.71. The van der Waals surface area contributed by atoms with Crippen molar-refractivity contribution in [1.29, 1.82) is 0 Å². The minimum Gasteiger partial charge on any atom is -0.380 e. The first kappa shape index (κ1) is 14.5. The summed E-state index contributed by atoms with van der Waals surface area (Å²) < 4.78 is 0.909. The molecular weight excluding hydrogens is 333 g/mol. The lowest BCUT2D eigenvalue weighted by Gasteiger charge is -2.36. The highest BCUT2D eigenvalue weighted by Gasteiger charge is 2.28. The van der Waals surface area contributed by atoms with Gasteiger partial charge in [-0.15, -0.1) is 0 Å². The van der Waals surface area contributed by atoms with Crippen LogP contribution in [0.2, 0.25) is 10.0 Å². The lowest BCUT2D eigenvalue weighted by atomic mass is 9.75. The highest BCUT2D eigenvalue weighted by Crippen LogP contribution is 2.39. The third kappa shape index (κ3) is 3.55. The van der Waals surface area contributed by atoms with Crippen LogP contribution in [0.4, 0.5) is 5.69 Å². The van der Waals surface area contributed by atoms with Crippen molar-refractivity contribution in [3.8, 4) is 0 Å². The molecule has 1 N–H and O–H groups in total. The van der Waals surface area contributed by atoms with Gasteiger partial charge in [0.25, 0.3) is 0 Å². The predicted molar refractivity (Wildman–Crippen MR) is 83.8 cm³/mol. The van der Waals surface area contributed by atoms with Crippen LogP contribution < -0.4 is 5.32 Å². The molecule has 0 aliphatic heterocycles. The number of rotatable bonds is 2. The van der Waals surface area contributed by atoms with Gasteiger partial charge in [0, 0.05) is 10.5 Å². The van der Waals surface area contributed by atoms with E-state index in [0.717, 1.165) is 16.6 Å². The molecule has 100 valence electrons. The molecule has 0 bridgehead atoms. The maximum atomic E-state index is 6.25. The first-order valence-corrected chi connectivity index (χ1v) is 7.83. The molecule has 1 aliphatic rings. The molecule has 18 heavy (non-hydrogen) atoms. The standard InChI is InChI=1S/C14H18BrCl2N/c1-14(2)5-3-4-10(8-14)18-13-11(16)6-9(15)7-12(13)17/h6-7,10,18H,3-5,8H2,1-2H3. The number of hydrogen-bond acceptors (Lipinski definition) is 1. The summed E-state index contributed by atoms with van der Waals surface area (Å²) in [4.78, 5) is 0. The average molecular weight is 351 g/mol. The first-order valence-electron chi connectivity index (χ1n) is 6.28. The minimum atomic E-state index is 0.407. The fraction of sp³-hybridized carbons (Fsp3) is 0.571. The number of hydrogen-bond donors (Lipinski definition) is 1. The zero-order chi connectivity index (χ0) is 13.3. The number of benzene rings is 1. The molecule has 2 rings (SSSR count). The number of anilines is 1. The normalized spacial score (nSPS) is 22.8. The molecule has 0 spiro atoms. The maximum absolute atomic E-state index is 6.25. The fourth-order valence-corrected chi connectivity index (χ4v) is 4.02. The van der Waals surface area contributed by atoms with Crippen molar-refractivity contribution in [2.45, 2.75) is 45.6 Å². The summed E-state index contributed by atoms with van der Waals surface area (Å²) in [5.74, 6) is 0. The van der Waals surface area contributed by atoms with Gasteiger partial charge < -0.3 is 5.32 Å². The van der Waals surface area contributed by atoms with E-state index in [4.69, 9.17) is 23.2 Å². The van der Waals surface area contributed by atoms with Gasteiger partial charge in [-0.3, -0.25) is 0 Å². The molecule has 1 aromatic carbocycles. The van der Waals surface area contributed by atoms with E-state index in [0.29, 0.717) is 21.5 Å². The van der Waals surface area contributed by atoms with Gasteiger partial charge in [-0.05, 0) is 36.8 Å². The second kappa shape index (κ2) is 5.60. The largest absolute Gasteiger partial charge is 0.380 e. The molecule has 0 saturated heterocycles. The molecule has 1 fully saturated rings. The molecular formula is C14H18BrCl2N. The Morgan fingerprint density at radius 1 is 1.28 bits per heavy atom. The molecule has 1 nitrogen and oxygen atoms in total. The Kier molecular flexibility index (Phi) is 4.51. The molecule has 4 heteroatoms. The lowest BCUT2D eigenvalue weighted by Crippen LogP contribution is -2.31. The van der Waals surface area contributed by atoms with Crippen molar-refractivity contribution in [2.24, 2.45) is 5.41 Å². The quantitative estimate of drug-likeness (QED) is 0.675. The monoisotopic (exact) mass is 349 g/mol. The predicted octanol–water partition coefficient (Wildman–Crippen LogP) is 6.14. The Morgan fingerprint density at radius 3 is 2.44 bits per heavy atom. The molecule has 1 aromatic rings. The van der Waals surface area contributed by atoms with Crippen molar-refractivity contribution >= 4 is 44.8 Å². The van der Waals surface area contributed by atoms with Gasteiger partial charge in [0.15, 0.2) is 0 Å². The van der Waals surface area contributed by atoms with Crippen LogP contribution in [0.15, 0.2) is 16.6 Å². The van der Waals surface area contributed by atoms with E-state index in [2.05, 4.69) is 35.1 Å². The average Bonchev–Trinajstić information content (AvgIpc) is 2.22. The third-order valence-corrected chi connectivity index (χ3v) is 4.61. The number of nitrogens with one attached hydrogen (secondary N) is 1. The molecule has 1 saturated carbocycles. The van der Waals surface area contributed by atoms with Crippen LogP contribution in [0.1, 0.15) is 39.5 Å². The second-order valence-corrected chi connectivity index (χ2v) is 7.58. The Balaban J connectivity index is 2.14. The van der Waals surface area contributed by atoms with Gasteiger partial charge in [-0.2, -0.15) is 0 Å². The van der Waals surface area contributed by atoms with Crippen molar-refractivity contribution in [3.63, 3.8) is 0 Å². The zero-order valence-electron chi connectivity index (χ0n) is 10.7. The van der Waals surface area contributed by atoms with E-state index in [1.807, 2.05) is 12.1 Å². The maximum Gasteiger partial charge on any atom is 0.0721 e. The Hall–Kier alpha value is 0.0800. The number of halogens is 3. The molecule has 0 heterocycles. The Labute approximate surface area is 127 Å². The second-order valence-electron chi connectivity index (χ2n) is 5.85. The van der Waals surface area contributed by atoms with Crippen LogP contribution in [-0.4, -0.2) is 6.04 Å². The molecule has 1 unspecified atom stereocenters. The van der Waals surface area contributed by atoms with E-state index in [1.54, 1.807) is 0 Å². The Morgan fingerprint density at radius 2 is 1.89 bits per heavy atom. The summed E-state index contributed by atoms with van der Waals surface area (Å²) in [5, 5.41) is 4.87. The van der Waals surface area contributed by atoms with Gasteiger partial charge in [0.1, 0.15) is 0 Å². The summed E-state index contributed by atoms with van der Waals surface area (Å²) >= 11 is 15.9. The molecule has 0 radical (unpaired) electrons. The highest BCUT2D eigenvalue weighted by molar-refractivity contribution is 9.10. The van der Waals surface area contributed by atoms with Gasteiger partial charge >= 0.3 is 0 Å². The van der Waals surface area contributed by atoms with Crippen LogP contribution in [0, 0.1) is 5.41 Å². The summed E-state index contributed by atoms with van der Waals surface area (Å²) in [6, 6.07) is 4.22. The van der Waals surface area contributed by atoms with Crippen LogP contribution in [0.5, 0.6) is 0 Å². The van der Waals surface area contributed by atoms with E-state index >= 15 is 0 Å². The van der Waals surface area contributed by atoms with Crippen LogP contribution in [-0.2, 0) is 0 Å². The minimum absolute atomic E-state index is 0.407. The third-order valence-electron chi connectivity index (χ3n) is 3.56. The van der Waals surface area contributed by atoms with Crippen molar-refractivity contribution in [3.05, 3.63) is 26.7 Å². The first-order chi connectivity index (χ1) is 8.37.